The van der Waals surface area contributed by atoms with Crippen molar-refractivity contribution < 1.29 is 19.0 Å². The van der Waals surface area contributed by atoms with Gasteiger partial charge in [-0.3, -0.25) is 4.79 Å². The SMILES string of the molecule is NCC(CC1CCOC1)(C(=O)O)c1ccc(F)cc1. The molecule has 1 fully saturated rings. The molecule has 0 amide bonds. The molecule has 1 aliphatic rings. The molecule has 2 unspecified atom stereocenters. The van der Waals surface area contributed by atoms with Gasteiger partial charge in [0.1, 0.15) is 11.2 Å². The highest BCUT2D eigenvalue weighted by Gasteiger charge is 2.41. The molecule has 0 spiro atoms. The molecule has 0 aromatic heterocycles. The van der Waals surface area contributed by atoms with E-state index in [-0.39, 0.29) is 18.3 Å². The zero-order chi connectivity index (χ0) is 13.9. The number of benzene rings is 1. The highest BCUT2D eigenvalue weighted by Crippen LogP contribution is 2.34. The lowest BCUT2D eigenvalue weighted by molar-refractivity contribution is -0.144. The second kappa shape index (κ2) is 5.67. The van der Waals surface area contributed by atoms with Gasteiger partial charge in [0.15, 0.2) is 0 Å². The topological polar surface area (TPSA) is 72.5 Å². The Labute approximate surface area is 111 Å². The van der Waals surface area contributed by atoms with Crippen molar-refractivity contribution in [1.29, 1.82) is 0 Å². The second-order valence-electron chi connectivity index (χ2n) is 5.03. The molecule has 0 bridgehead atoms. The lowest BCUT2D eigenvalue weighted by atomic mass is 9.73. The Balaban J connectivity index is 2.32. The third kappa shape index (κ3) is 2.77. The van der Waals surface area contributed by atoms with E-state index in [4.69, 9.17) is 10.5 Å². The third-order valence-electron chi connectivity index (χ3n) is 3.82. The smallest absolute Gasteiger partial charge is 0.315 e. The molecular weight excluding hydrogens is 249 g/mol. The predicted octanol–water partition coefficient (Wildman–Crippen LogP) is 1.53. The van der Waals surface area contributed by atoms with E-state index in [1.807, 2.05) is 0 Å². The molecule has 2 rings (SSSR count). The maximum absolute atomic E-state index is 13.0. The minimum Gasteiger partial charge on any atom is -0.481 e. The normalized spacial score (nSPS) is 22.1. The van der Waals surface area contributed by atoms with E-state index in [1.54, 1.807) is 0 Å². The van der Waals surface area contributed by atoms with Crippen LogP contribution in [-0.2, 0) is 14.9 Å². The molecular formula is C14H18FNO3. The van der Waals surface area contributed by atoms with Crippen LogP contribution in [0.15, 0.2) is 24.3 Å². The Kier molecular flexibility index (Phi) is 4.17. The highest BCUT2D eigenvalue weighted by atomic mass is 19.1. The summed E-state index contributed by atoms with van der Waals surface area (Å²) in [6.45, 7) is 1.22. The fourth-order valence-corrected chi connectivity index (χ4v) is 2.62. The standard InChI is InChI=1S/C14H18FNO3/c15-12-3-1-11(2-4-12)14(9-16,13(17)18)7-10-5-6-19-8-10/h1-4,10H,5-9,16H2,(H,17,18). The monoisotopic (exact) mass is 267 g/mol. The average molecular weight is 267 g/mol. The molecule has 1 saturated heterocycles. The number of hydrogen-bond donors (Lipinski definition) is 2. The molecule has 1 aromatic carbocycles. The Morgan fingerprint density at radius 1 is 1.47 bits per heavy atom. The maximum atomic E-state index is 13.0. The van der Waals surface area contributed by atoms with Crippen molar-refractivity contribution in [1.82, 2.24) is 0 Å². The number of carboxylic acid groups (broad SMARTS) is 1. The van der Waals surface area contributed by atoms with Gasteiger partial charge in [-0.15, -0.1) is 0 Å². The third-order valence-corrected chi connectivity index (χ3v) is 3.82. The zero-order valence-corrected chi connectivity index (χ0v) is 10.6. The van der Waals surface area contributed by atoms with E-state index in [2.05, 4.69) is 0 Å². The molecule has 1 aromatic rings. The van der Waals surface area contributed by atoms with Gasteiger partial charge in [-0.25, -0.2) is 4.39 Å². The summed E-state index contributed by atoms with van der Waals surface area (Å²) in [6, 6.07) is 5.56. The summed E-state index contributed by atoms with van der Waals surface area (Å²) < 4.78 is 18.3. The van der Waals surface area contributed by atoms with Gasteiger partial charge in [0.25, 0.3) is 0 Å². The van der Waals surface area contributed by atoms with Crippen LogP contribution in [0, 0.1) is 11.7 Å². The van der Waals surface area contributed by atoms with E-state index in [0.29, 0.717) is 25.2 Å². The van der Waals surface area contributed by atoms with Gasteiger partial charge >= 0.3 is 5.97 Å². The van der Waals surface area contributed by atoms with Crippen molar-refractivity contribution in [3.05, 3.63) is 35.6 Å². The van der Waals surface area contributed by atoms with E-state index in [9.17, 15) is 14.3 Å². The first-order valence-corrected chi connectivity index (χ1v) is 6.36. The van der Waals surface area contributed by atoms with Gasteiger partial charge < -0.3 is 15.6 Å². The predicted molar refractivity (Wildman–Crippen MR) is 68.3 cm³/mol. The molecule has 2 atom stereocenters. The van der Waals surface area contributed by atoms with Crippen LogP contribution in [-0.4, -0.2) is 30.8 Å². The average Bonchev–Trinajstić information content (AvgIpc) is 2.89. The fourth-order valence-electron chi connectivity index (χ4n) is 2.62. The summed E-state index contributed by atoms with van der Waals surface area (Å²) in [6.07, 6.45) is 1.26. The molecule has 3 N–H and O–H groups in total. The number of carboxylic acids is 1. The van der Waals surface area contributed by atoms with Gasteiger partial charge in [-0.1, -0.05) is 12.1 Å². The summed E-state index contributed by atoms with van der Waals surface area (Å²) in [5.74, 6) is -1.16. The summed E-state index contributed by atoms with van der Waals surface area (Å²) in [4.78, 5) is 11.7. The van der Waals surface area contributed by atoms with Crippen LogP contribution >= 0.6 is 0 Å². The zero-order valence-electron chi connectivity index (χ0n) is 10.6. The van der Waals surface area contributed by atoms with E-state index >= 15 is 0 Å². The van der Waals surface area contributed by atoms with Crippen molar-refractivity contribution in [2.24, 2.45) is 11.7 Å². The molecule has 1 heterocycles. The molecule has 0 saturated carbocycles. The summed E-state index contributed by atoms with van der Waals surface area (Å²) >= 11 is 0. The van der Waals surface area contributed by atoms with Gasteiger partial charge in [-0.05, 0) is 36.5 Å². The first kappa shape index (κ1) is 14.0. The van der Waals surface area contributed by atoms with Crippen molar-refractivity contribution in [3.8, 4) is 0 Å². The number of rotatable bonds is 5. The number of carbonyl (C=O) groups is 1. The second-order valence-corrected chi connectivity index (χ2v) is 5.03. The summed E-state index contributed by atoms with van der Waals surface area (Å²) in [5.41, 5.74) is 5.13. The Bertz CT molecular complexity index is 443. The minimum atomic E-state index is -1.16. The lowest BCUT2D eigenvalue weighted by Crippen LogP contribution is -2.44. The van der Waals surface area contributed by atoms with Crippen molar-refractivity contribution in [2.75, 3.05) is 19.8 Å². The van der Waals surface area contributed by atoms with Gasteiger partial charge in [0, 0.05) is 19.8 Å². The number of nitrogens with two attached hydrogens (primary N) is 1. The highest BCUT2D eigenvalue weighted by molar-refractivity contribution is 5.81. The first-order chi connectivity index (χ1) is 9.08. The molecule has 0 aliphatic carbocycles. The van der Waals surface area contributed by atoms with Gasteiger partial charge in [-0.2, -0.15) is 0 Å². The summed E-state index contributed by atoms with van der Waals surface area (Å²) in [7, 11) is 0. The molecule has 19 heavy (non-hydrogen) atoms. The number of ether oxygens (including phenoxy) is 1. The quantitative estimate of drug-likeness (QED) is 0.848. The first-order valence-electron chi connectivity index (χ1n) is 6.36. The maximum Gasteiger partial charge on any atom is 0.315 e. The van der Waals surface area contributed by atoms with E-state index in [0.717, 1.165) is 6.42 Å². The van der Waals surface area contributed by atoms with Crippen LogP contribution in [0.4, 0.5) is 4.39 Å². The van der Waals surface area contributed by atoms with Crippen LogP contribution < -0.4 is 5.73 Å². The molecule has 0 radical (unpaired) electrons. The molecule has 5 heteroatoms. The summed E-state index contributed by atoms with van der Waals surface area (Å²) in [5, 5.41) is 9.59. The van der Waals surface area contributed by atoms with Crippen molar-refractivity contribution >= 4 is 5.97 Å². The molecule has 104 valence electrons. The fraction of sp³-hybridized carbons (Fsp3) is 0.500. The Morgan fingerprint density at radius 2 is 2.16 bits per heavy atom. The minimum absolute atomic E-state index is 0.00946. The van der Waals surface area contributed by atoms with E-state index in [1.165, 1.54) is 24.3 Å². The van der Waals surface area contributed by atoms with Crippen molar-refractivity contribution in [2.45, 2.75) is 18.3 Å². The van der Waals surface area contributed by atoms with Crippen LogP contribution in [0.1, 0.15) is 18.4 Å². The number of hydrogen-bond acceptors (Lipinski definition) is 3. The lowest BCUT2D eigenvalue weighted by Gasteiger charge is -2.30. The van der Waals surface area contributed by atoms with Gasteiger partial charge in [0.05, 0.1) is 0 Å². The Hall–Kier alpha value is -1.46. The van der Waals surface area contributed by atoms with Gasteiger partial charge in [0.2, 0.25) is 0 Å². The van der Waals surface area contributed by atoms with Crippen LogP contribution in [0.3, 0.4) is 0 Å². The molecule has 4 nitrogen and oxygen atoms in total. The largest absolute Gasteiger partial charge is 0.481 e. The Morgan fingerprint density at radius 3 is 2.63 bits per heavy atom. The van der Waals surface area contributed by atoms with Crippen LogP contribution in [0.25, 0.3) is 0 Å². The number of halogens is 1. The van der Waals surface area contributed by atoms with Crippen LogP contribution in [0.2, 0.25) is 0 Å². The van der Waals surface area contributed by atoms with E-state index < -0.39 is 11.4 Å². The number of aliphatic carboxylic acids is 1. The van der Waals surface area contributed by atoms with Crippen molar-refractivity contribution in [3.63, 3.8) is 0 Å². The molecule has 1 aliphatic heterocycles. The van der Waals surface area contributed by atoms with Crippen LogP contribution in [0.5, 0.6) is 0 Å².